The van der Waals surface area contributed by atoms with Crippen molar-refractivity contribution >= 4 is 5.69 Å². The first-order valence-corrected chi connectivity index (χ1v) is 8.92. The lowest BCUT2D eigenvalue weighted by Gasteiger charge is -2.25. The molecular weight excluding hydrogens is 280 g/mol. The predicted octanol–water partition coefficient (Wildman–Crippen LogP) is 4.58. The zero-order valence-corrected chi connectivity index (χ0v) is 13.8. The number of benzene rings is 2. The van der Waals surface area contributed by atoms with E-state index in [9.17, 15) is 0 Å². The zero-order valence-electron chi connectivity index (χ0n) is 13.8. The van der Waals surface area contributed by atoms with Crippen LogP contribution in [0, 0.1) is 5.41 Å². The first kappa shape index (κ1) is 14.8. The molecule has 0 radical (unpaired) electrons. The fraction of sp³-hybridized carbons (Fsp3) is 0.429. The van der Waals surface area contributed by atoms with Gasteiger partial charge in [-0.1, -0.05) is 43.2 Å². The van der Waals surface area contributed by atoms with Gasteiger partial charge in [-0.15, -0.1) is 0 Å². The van der Waals surface area contributed by atoms with Crippen LogP contribution in [0.3, 0.4) is 0 Å². The highest BCUT2D eigenvalue weighted by atomic mass is 15.2. The summed E-state index contributed by atoms with van der Waals surface area (Å²) in [5.74, 6) is 0. The lowest BCUT2D eigenvalue weighted by molar-refractivity contribution is 0.341. The molecular formula is C21H26N2. The molecule has 23 heavy (non-hydrogen) atoms. The number of nitrogens with zero attached hydrogens (tertiary/aromatic N) is 1. The molecule has 2 fully saturated rings. The molecule has 0 atom stereocenters. The topological polar surface area (TPSA) is 29.3 Å². The summed E-state index contributed by atoms with van der Waals surface area (Å²) in [7, 11) is 0. The summed E-state index contributed by atoms with van der Waals surface area (Å²) in [4.78, 5) is 2.60. The van der Waals surface area contributed by atoms with Gasteiger partial charge in [0.1, 0.15) is 0 Å². The highest BCUT2D eigenvalue weighted by Crippen LogP contribution is 2.46. The second-order valence-corrected chi connectivity index (χ2v) is 7.33. The van der Waals surface area contributed by atoms with Gasteiger partial charge in [-0.05, 0) is 59.6 Å². The van der Waals surface area contributed by atoms with E-state index in [0.29, 0.717) is 12.0 Å². The molecule has 0 unspecified atom stereocenters. The van der Waals surface area contributed by atoms with Crippen LogP contribution in [-0.4, -0.2) is 13.1 Å². The Morgan fingerprint density at radius 2 is 1.65 bits per heavy atom. The molecule has 1 saturated heterocycles. The van der Waals surface area contributed by atoms with E-state index in [1.807, 2.05) is 0 Å². The van der Waals surface area contributed by atoms with Crippen LogP contribution in [0.1, 0.15) is 37.7 Å². The van der Waals surface area contributed by atoms with Crippen LogP contribution in [0.5, 0.6) is 0 Å². The molecule has 1 spiro atoms. The van der Waals surface area contributed by atoms with Crippen LogP contribution in [0.25, 0.3) is 11.1 Å². The number of nitrogens with two attached hydrogens (primary N) is 1. The second-order valence-electron chi connectivity index (χ2n) is 7.33. The first-order valence-electron chi connectivity index (χ1n) is 8.92. The lowest BCUT2D eigenvalue weighted by atomic mass is 9.86. The molecule has 0 aromatic heterocycles. The highest BCUT2D eigenvalue weighted by Gasteiger charge is 2.40. The van der Waals surface area contributed by atoms with Crippen molar-refractivity contribution in [2.24, 2.45) is 11.1 Å². The molecule has 1 saturated carbocycles. The molecule has 2 aromatic carbocycles. The Kier molecular flexibility index (Phi) is 3.86. The molecule has 2 aliphatic rings. The molecule has 1 aliphatic carbocycles. The van der Waals surface area contributed by atoms with Gasteiger partial charge in [0, 0.05) is 25.3 Å². The van der Waals surface area contributed by atoms with E-state index in [1.54, 1.807) is 0 Å². The van der Waals surface area contributed by atoms with Crippen LogP contribution in [0.15, 0.2) is 48.5 Å². The molecule has 0 amide bonds. The van der Waals surface area contributed by atoms with E-state index in [1.165, 1.54) is 67.6 Å². The van der Waals surface area contributed by atoms with Gasteiger partial charge in [0.25, 0.3) is 0 Å². The molecule has 4 rings (SSSR count). The Balaban J connectivity index is 1.59. The van der Waals surface area contributed by atoms with Crippen LogP contribution < -0.4 is 10.6 Å². The second kappa shape index (κ2) is 6.01. The van der Waals surface area contributed by atoms with Gasteiger partial charge in [0.2, 0.25) is 0 Å². The van der Waals surface area contributed by atoms with Crippen molar-refractivity contribution in [1.29, 1.82) is 0 Å². The minimum absolute atomic E-state index is 0.599. The van der Waals surface area contributed by atoms with Crippen molar-refractivity contribution in [2.75, 3.05) is 18.0 Å². The van der Waals surface area contributed by atoms with Gasteiger partial charge in [-0.2, -0.15) is 0 Å². The molecule has 2 aromatic rings. The number of hydrogen-bond acceptors (Lipinski definition) is 2. The quantitative estimate of drug-likeness (QED) is 0.899. The molecule has 2 heteroatoms. The standard InChI is InChI=1S/C21H26N2/c22-15-17-5-3-6-18(13-17)19-7-4-8-20(14-19)23-12-11-21(16-23)9-1-2-10-21/h3-8,13-14H,1-2,9-12,15-16,22H2. The van der Waals surface area contributed by atoms with E-state index < -0.39 is 0 Å². The zero-order chi connectivity index (χ0) is 15.7. The van der Waals surface area contributed by atoms with Gasteiger partial charge >= 0.3 is 0 Å². The van der Waals surface area contributed by atoms with Crippen molar-refractivity contribution in [3.05, 3.63) is 54.1 Å². The third kappa shape index (κ3) is 2.88. The van der Waals surface area contributed by atoms with Crippen LogP contribution in [-0.2, 0) is 6.54 Å². The largest absolute Gasteiger partial charge is 0.371 e. The Labute approximate surface area is 139 Å². The van der Waals surface area contributed by atoms with Crippen molar-refractivity contribution in [1.82, 2.24) is 0 Å². The van der Waals surface area contributed by atoms with E-state index in [-0.39, 0.29) is 0 Å². The van der Waals surface area contributed by atoms with E-state index in [0.717, 1.165) is 0 Å². The van der Waals surface area contributed by atoms with E-state index in [4.69, 9.17) is 5.73 Å². The monoisotopic (exact) mass is 306 g/mol. The Morgan fingerprint density at radius 1 is 0.913 bits per heavy atom. The summed E-state index contributed by atoms with van der Waals surface area (Å²) < 4.78 is 0. The van der Waals surface area contributed by atoms with E-state index >= 15 is 0 Å². The summed E-state index contributed by atoms with van der Waals surface area (Å²) in [6, 6.07) is 17.6. The summed E-state index contributed by atoms with van der Waals surface area (Å²) in [5.41, 5.74) is 11.5. The van der Waals surface area contributed by atoms with Gasteiger partial charge in [0.15, 0.2) is 0 Å². The maximum absolute atomic E-state index is 5.78. The average Bonchev–Trinajstić information content (AvgIpc) is 3.25. The molecule has 1 heterocycles. The summed E-state index contributed by atoms with van der Waals surface area (Å²) >= 11 is 0. The van der Waals surface area contributed by atoms with Crippen molar-refractivity contribution in [3.63, 3.8) is 0 Å². The van der Waals surface area contributed by atoms with Crippen LogP contribution in [0.4, 0.5) is 5.69 Å². The third-order valence-electron chi connectivity index (χ3n) is 5.81. The maximum atomic E-state index is 5.78. The minimum Gasteiger partial charge on any atom is -0.371 e. The van der Waals surface area contributed by atoms with Crippen molar-refractivity contribution < 1.29 is 0 Å². The van der Waals surface area contributed by atoms with E-state index in [2.05, 4.69) is 53.4 Å². The van der Waals surface area contributed by atoms with Gasteiger partial charge in [-0.3, -0.25) is 0 Å². The molecule has 120 valence electrons. The molecule has 2 N–H and O–H groups in total. The van der Waals surface area contributed by atoms with Gasteiger partial charge in [-0.25, -0.2) is 0 Å². The lowest BCUT2D eigenvalue weighted by Crippen LogP contribution is -2.24. The minimum atomic E-state index is 0.599. The maximum Gasteiger partial charge on any atom is 0.0372 e. The molecule has 0 bridgehead atoms. The highest BCUT2D eigenvalue weighted by molar-refractivity contribution is 5.69. The van der Waals surface area contributed by atoms with Gasteiger partial charge < -0.3 is 10.6 Å². The first-order chi connectivity index (χ1) is 11.3. The van der Waals surface area contributed by atoms with Crippen LogP contribution >= 0.6 is 0 Å². The smallest absolute Gasteiger partial charge is 0.0372 e. The van der Waals surface area contributed by atoms with Crippen molar-refractivity contribution in [2.45, 2.75) is 38.6 Å². The van der Waals surface area contributed by atoms with Gasteiger partial charge in [0.05, 0.1) is 0 Å². The Hall–Kier alpha value is -1.80. The molecule has 1 aliphatic heterocycles. The summed E-state index contributed by atoms with van der Waals surface area (Å²) in [5, 5.41) is 0. The normalized spacial score (nSPS) is 19.6. The number of rotatable bonds is 3. The molecule has 2 nitrogen and oxygen atoms in total. The third-order valence-corrected chi connectivity index (χ3v) is 5.81. The number of anilines is 1. The predicted molar refractivity (Wildman–Crippen MR) is 97.5 cm³/mol. The SMILES string of the molecule is NCc1cccc(-c2cccc(N3CCC4(CCCC4)C3)c2)c1. The van der Waals surface area contributed by atoms with Crippen molar-refractivity contribution in [3.8, 4) is 11.1 Å². The Bertz CT molecular complexity index is 686. The fourth-order valence-electron chi connectivity index (χ4n) is 4.45. The summed E-state index contributed by atoms with van der Waals surface area (Å²) in [6.45, 7) is 3.06. The fourth-order valence-corrected chi connectivity index (χ4v) is 4.45. The average molecular weight is 306 g/mol. The summed E-state index contributed by atoms with van der Waals surface area (Å²) in [6.07, 6.45) is 7.10. The number of hydrogen-bond donors (Lipinski definition) is 1. The van der Waals surface area contributed by atoms with Crippen LogP contribution in [0.2, 0.25) is 0 Å². The Morgan fingerprint density at radius 3 is 2.43 bits per heavy atom.